The van der Waals surface area contributed by atoms with Crippen LogP contribution in [-0.2, 0) is 6.42 Å². The molecule has 2 aromatic heterocycles. The van der Waals surface area contributed by atoms with Gasteiger partial charge in [0.2, 0.25) is 0 Å². The van der Waals surface area contributed by atoms with Crippen LogP contribution in [0.15, 0.2) is 24.5 Å². The quantitative estimate of drug-likeness (QED) is 0.908. The molecule has 84 valence electrons. The van der Waals surface area contributed by atoms with Crippen LogP contribution < -0.4 is 5.73 Å². The Morgan fingerprint density at radius 2 is 2.00 bits per heavy atom. The predicted molar refractivity (Wildman–Crippen MR) is 67.5 cm³/mol. The Morgan fingerprint density at radius 1 is 1.27 bits per heavy atom. The molecule has 2 aromatic rings. The molecule has 0 unspecified atom stereocenters. The summed E-state index contributed by atoms with van der Waals surface area (Å²) < 4.78 is 1.91. The van der Waals surface area contributed by atoms with Gasteiger partial charge >= 0.3 is 0 Å². The van der Waals surface area contributed by atoms with E-state index in [2.05, 4.69) is 4.98 Å². The van der Waals surface area contributed by atoms with Gasteiger partial charge in [0.1, 0.15) is 5.65 Å². The summed E-state index contributed by atoms with van der Waals surface area (Å²) in [6.45, 7) is 0.623. The van der Waals surface area contributed by atoms with Gasteiger partial charge in [0.15, 0.2) is 0 Å². The highest BCUT2D eigenvalue weighted by Gasteiger charge is 2.00. The van der Waals surface area contributed by atoms with E-state index < -0.39 is 0 Å². The van der Waals surface area contributed by atoms with E-state index in [1.807, 2.05) is 28.9 Å². The van der Waals surface area contributed by atoms with E-state index in [1.165, 1.54) is 0 Å². The third kappa shape index (κ3) is 3.24. The van der Waals surface area contributed by atoms with E-state index in [-0.39, 0.29) is 24.8 Å². The van der Waals surface area contributed by atoms with E-state index in [0.29, 0.717) is 11.6 Å². The average Bonchev–Trinajstić information content (AvgIpc) is 2.46. The standard InChI is InChI=1S/C9H10ClN3.2ClH/c10-7-1-2-9-12-8(3-4-11)6-13(9)5-7;;/h1-2,5-6H,3-4,11H2;2*1H. The zero-order valence-corrected chi connectivity index (χ0v) is 10.3. The normalized spacial score (nSPS) is 9.47. The van der Waals surface area contributed by atoms with Crippen molar-refractivity contribution in [1.29, 1.82) is 0 Å². The molecule has 0 spiro atoms. The third-order valence-electron chi connectivity index (χ3n) is 1.87. The minimum absolute atomic E-state index is 0. The van der Waals surface area contributed by atoms with Crippen molar-refractivity contribution in [3.63, 3.8) is 0 Å². The topological polar surface area (TPSA) is 43.3 Å². The number of fused-ring (bicyclic) bond motifs is 1. The Hall–Kier alpha value is -0.480. The van der Waals surface area contributed by atoms with E-state index in [4.69, 9.17) is 17.3 Å². The molecule has 0 aromatic carbocycles. The summed E-state index contributed by atoms with van der Waals surface area (Å²) in [7, 11) is 0. The van der Waals surface area contributed by atoms with Crippen molar-refractivity contribution in [3.8, 4) is 0 Å². The van der Waals surface area contributed by atoms with Crippen molar-refractivity contribution in [2.45, 2.75) is 6.42 Å². The van der Waals surface area contributed by atoms with Crippen molar-refractivity contribution in [3.05, 3.63) is 35.2 Å². The van der Waals surface area contributed by atoms with Gasteiger partial charge in [-0.05, 0) is 18.7 Å². The monoisotopic (exact) mass is 267 g/mol. The maximum atomic E-state index is 5.83. The molecule has 2 heterocycles. The lowest BCUT2D eigenvalue weighted by atomic mass is 10.3. The molecule has 6 heteroatoms. The van der Waals surface area contributed by atoms with Gasteiger partial charge in [-0.2, -0.15) is 0 Å². The average molecular weight is 269 g/mol. The number of imidazole rings is 1. The predicted octanol–water partition coefficient (Wildman–Crippen LogP) is 2.33. The zero-order valence-electron chi connectivity index (χ0n) is 7.89. The molecular formula is C9H12Cl3N3. The van der Waals surface area contributed by atoms with Crippen LogP contribution in [0.1, 0.15) is 5.69 Å². The summed E-state index contributed by atoms with van der Waals surface area (Å²) in [5, 5.41) is 0.712. The fraction of sp³-hybridized carbons (Fsp3) is 0.222. The highest BCUT2D eigenvalue weighted by molar-refractivity contribution is 6.30. The number of rotatable bonds is 2. The summed E-state index contributed by atoms with van der Waals surface area (Å²) in [4.78, 5) is 4.37. The van der Waals surface area contributed by atoms with Gasteiger partial charge in [-0.25, -0.2) is 4.98 Å². The number of nitrogens with two attached hydrogens (primary N) is 1. The lowest BCUT2D eigenvalue weighted by molar-refractivity contribution is 0.937. The maximum absolute atomic E-state index is 5.83. The van der Waals surface area contributed by atoms with Gasteiger partial charge in [0.05, 0.1) is 10.7 Å². The zero-order chi connectivity index (χ0) is 9.26. The van der Waals surface area contributed by atoms with Gasteiger partial charge in [-0.15, -0.1) is 24.8 Å². The largest absolute Gasteiger partial charge is 0.330 e. The molecule has 3 nitrogen and oxygen atoms in total. The van der Waals surface area contributed by atoms with Crippen molar-refractivity contribution in [2.75, 3.05) is 6.54 Å². The fourth-order valence-corrected chi connectivity index (χ4v) is 1.45. The number of nitrogens with zero attached hydrogens (tertiary/aromatic N) is 2. The van der Waals surface area contributed by atoms with Crippen LogP contribution in [0.5, 0.6) is 0 Å². The first-order chi connectivity index (χ1) is 6.29. The van der Waals surface area contributed by atoms with Crippen LogP contribution in [0, 0.1) is 0 Å². The highest BCUT2D eigenvalue weighted by atomic mass is 35.5. The summed E-state index contributed by atoms with van der Waals surface area (Å²) in [6, 6.07) is 3.72. The number of hydrogen-bond donors (Lipinski definition) is 1. The van der Waals surface area contributed by atoms with Crippen molar-refractivity contribution in [1.82, 2.24) is 9.38 Å². The molecular weight excluding hydrogens is 256 g/mol. The molecule has 0 saturated heterocycles. The first-order valence-corrected chi connectivity index (χ1v) is 4.50. The Labute approximate surface area is 105 Å². The van der Waals surface area contributed by atoms with Crippen molar-refractivity contribution >= 4 is 42.1 Å². The van der Waals surface area contributed by atoms with Gasteiger partial charge in [0.25, 0.3) is 0 Å². The Morgan fingerprint density at radius 3 is 2.67 bits per heavy atom. The summed E-state index contributed by atoms with van der Waals surface area (Å²) in [5.74, 6) is 0. The second kappa shape index (κ2) is 6.18. The Bertz CT molecular complexity index is 427. The van der Waals surface area contributed by atoms with Crippen LogP contribution in [-0.4, -0.2) is 15.9 Å². The molecule has 0 aliphatic carbocycles. The fourth-order valence-electron chi connectivity index (χ4n) is 1.29. The first kappa shape index (κ1) is 14.5. The third-order valence-corrected chi connectivity index (χ3v) is 2.09. The summed E-state index contributed by atoms with van der Waals surface area (Å²) in [6.07, 6.45) is 4.59. The Kier molecular flexibility index (Phi) is 5.98. The molecule has 0 atom stereocenters. The summed E-state index contributed by atoms with van der Waals surface area (Å²) >= 11 is 5.83. The van der Waals surface area contributed by atoms with Crippen LogP contribution in [0.3, 0.4) is 0 Å². The van der Waals surface area contributed by atoms with Crippen LogP contribution >= 0.6 is 36.4 Å². The highest BCUT2D eigenvalue weighted by Crippen LogP contribution is 2.11. The molecule has 0 bridgehead atoms. The van der Waals surface area contributed by atoms with Crippen molar-refractivity contribution in [2.24, 2.45) is 5.73 Å². The van der Waals surface area contributed by atoms with Crippen LogP contribution in [0.2, 0.25) is 5.02 Å². The molecule has 0 saturated carbocycles. The molecule has 0 amide bonds. The molecule has 0 aliphatic heterocycles. The SMILES string of the molecule is Cl.Cl.NCCc1cn2cc(Cl)ccc2n1. The van der Waals surface area contributed by atoms with E-state index in [1.54, 1.807) is 0 Å². The van der Waals surface area contributed by atoms with Gasteiger partial charge in [-0.1, -0.05) is 11.6 Å². The number of halogens is 3. The van der Waals surface area contributed by atoms with Crippen molar-refractivity contribution < 1.29 is 0 Å². The number of hydrogen-bond acceptors (Lipinski definition) is 2. The molecule has 15 heavy (non-hydrogen) atoms. The molecule has 2 N–H and O–H groups in total. The van der Waals surface area contributed by atoms with Gasteiger partial charge in [0, 0.05) is 18.8 Å². The number of aromatic nitrogens is 2. The Balaban J connectivity index is 0.000000980. The van der Waals surface area contributed by atoms with Gasteiger partial charge in [-0.3, -0.25) is 0 Å². The first-order valence-electron chi connectivity index (χ1n) is 4.13. The number of pyridine rings is 1. The second-order valence-electron chi connectivity index (χ2n) is 2.88. The molecule has 0 radical (unpaired) electrons. The minimum atomic E-state index is 0. The smallest absolute Gasteiger partial charge is 0.137 e. The maximum Gasteiger partial charge on any atom is 0.137 e. The second-order valence-corrected chi connectivity index (χ2v) is 3.32. The van der Waals surface area contributed by atoms with E-state index in [9.17, 15) is 0 Å². The molecule has 2 rings (SSSR count). The van der Waals surface area contributed by atoms with Crippen LogP contribution in [0.25, 0.3) is 5.65 Å². The minimum Gasteiger partial charge on any atom is -0.330 e. The lowest BCUT2D eigenvalue weighted by Crippen LogP contribution is -2.02. The molecule has 0 fully saturated rings. The lowest BCUT2D eigenvalue weighted by Gasteiger charge is -1.91. The molecule has 0 aliphatic rings. The van der Waals surface area contributed by atoms with Crippen LogP contribution in [0.4, 0.5) is 0 Å². The van der Waals surface area contributed by atoms with E-state index >= 15 is 0 Å². The van der Waals surface area contributed by atoms with E-state index in [0.717, 1.165) is 17.8 Å². The van der Waals surface area contributed by atoms with Gasteiger partial charge < -0.3 is 10.1 Å². The summed E-state index contributed by atoms with van der Waals surface area (Å²) in [5.41, 5.74) is 7.35.